The summed E-state index contributed by atoms with van der Waals surface area (Å²) in [6, 6.07) is 0. The predicted molar refractivity (Wildman–Crippen MR) is 38.9 cm³/mol. The second-order valence-corrected chi connectivity index (χ2v) is 2.82. The van der Waals surface area contributed by atoms with Crippen LogP contribution < -0.4 is 0 Å². The van der Waals surface area contributed by atoms with E-state index in [1.807, 2.05) is 0 Å². The molecule has 0 spiro atoms. The summed E-state index contributed by atoms with van der Waals surface area (Å²) < 4.78 is 40.7. The van der Waals surface area contributed by atoms with Gasteiger partial charge in [-0.3, -0.25) is 4.79 Å². The predicted octanol–water partition coefficient (Wildman–Crippen LogP) is -0.0698. The first-order valence-electron chi connectivity index (χ1n) is 3.89. The van der Waals surface area contributed by atoms with Crippen molar-refractivity contribution >= 4 is 5.91 Å². The molecule has 1 aliphatic heterocycles. The van der Waals surface area contributed by atoms with Gasteiger partial charge < -0.3 is 14.7 Å². The largest absolute Gasteiger partial charge is 2.00 e. The van der Waals surface area contributed by atoms with E-state index in [0.717, 1.165) is 6.61 Å². The minimum atomic E-state index is -4.87. The van der Waals surface area contributed by atoms with Crippen LogP contribution in [0.15, 0.2) is 0 Å². The van der Waals surface area contributed by atoms with Crippen LogP contribution in [-0.4, -0.2) is 47.9 Å². The van der Waals surface area contributed by atoms with Crippen molar-refractivity contribution in [2.24, 2.45) is 0 Å². The van der Waals surface area contributed by atoms with Gasteiger partial charge in [-0.15, -0.1) is 0 Å². The standard InChI is InChI=1S/C7H9F3NO3.U/c8-7(9,10)6(13)11-1-2-14-5(3-11)4-12;/h2,5,12H,1,3-4H2;/q-1;+2. The fourth-order valence-electron chi connectivity index (χ4n) is 1.08. The summed E-state index contributed by atoms with van der Waals surface area (Å²) >= 11 is 0. The maximum absolute atomic E-state index is 12.0. The Bertz CT molecular complexity index is 224. The molecule has 0 aromatic carbocycles. The maximum atomic E-state index is 12.0. The Hall–Kier alpha value is 0.232. The first-order chi connectivity index (χ1) is 6.45. The molecule has 0 saturated carbocycles. The summed E-state index contributed by atoms with van der Waals surface area (Å²) in [6.07, 6.45) is -5.64. The number of ether oxygens (including phenoxy) is 1. The van der Waals surface area contributed by atoms with E-state index in [1.54, 1.807) is 0 Å². The summed E-state index contributed by atoms with van der Waals surface area (Å²) in [7, 11) is 0. The second-order valence-electron chi connectivity index (χ2n) is 2.82. The molecule has 1 aliphatic rings. The molecular formula is C7H9F3NO3U+. The van der Waals surface area contributed by atoms with Gasteiger partial charge in [0, 0.05) is 6.54 Å². The van der Waals surface area contributed by atoms with E-state index in [-0.39, 0.29) is 44.2 Å². The molecule has 84 valence electrons. The third kappa shape index (κ3) is 4.31. The quantitative estimate of drug-likeness (QED) is 0.570. The van der Waals surface area contributed by atoms with E-state index in [4.69, 9.17) is 9.84 Å². The molecule has 8 heteroatoms. The zero-order valence-electron chi connectivity index (χ0n) is 7.62. The fraction of sp³-hybridized carbons (Fsp3) is 0.714. The number of amides is 1. The molecule has 0 aliphatic carbocycles. The molecule has 1 heterocycles. The van der Waals surface area contributed by atoms with E-state index < -0.39 is 24.8 Å². The van der Waals surface area contributed by atoms with Crippen molar-refractivity contribution < 1.29 is 58.9 Å². The fourth-order valence-corrected chi connectivity index (χ4v) is 1.08. The number of rotatable bonds is 1. The number of hydrogen-bond donors (Lipinski definition) is 1. The van der Waals surface area contributed by atoms with Crippen molar-refractivity contribution in [2.45, 2.75) is 12.3 Å². The van der Waals surface area contributed by atoms with Crippen molar-refractivity contribution in [1.82, 2.24) is 4.90 Å². The SMILES string of the molecule is O=C(N1C[CH-]OC(CO)C1)C(F)(F)F.[U+2]. The van der Waals surface area contributed by atoms with Gasteiger partial charge in [0.2, 0.25) is 0 Å². The number of alkyl halides is 3. The molecule has 0 aromatic rings. The van der Waals surface area contributed by atoms with Crippen LogP contribution in [0.2, 0.25) is 0 Å². The Labute approximate surface area is 108 Å². The van der Waals surface area contributed by atoms with Crippen molar-refractivity contribution in [3.63, 3.8) is 0 Å². The van der Waals surface area contributed by atoms with Gasteiger partial charge in [-0.1, -0.05) is 6.54 Å². The van der Waals surface area contributed by atoms with E-state index in [1.165, 1.54) is 0 Å². The van der Waals surface area contributed by atoms with Gasteiger partial charge in [0.25, 0.3) is 0 Å². The van der Waals surface area contributed by atoms with Gasteiger partial charge in [0.1, 0.15) is 0 Å². The van der Waals surface area contributed by atoms with Gasteiger partial charge in [0.05, 0.1) is 12.7 Å². The van der Waals surface area contributed by atoms with Crippen molar-refractivity contribution in [3.05, 3.63) is 6.61 Å². The molecular weight excluding hydrogens is 441 g/mol. The van der Waals surface area contributed by atoms with Gasteiger partial charge in [0.15, 0.2) is 0 Å². The van der Waals surface area contributed by atoms with Crippen LogP contribution >= 0.6 is 0 Å². The normalized spacial score (nSPS) is 22.1. The zero-order chi connectivity index (χ0) is 10.8. The average Bonchev–Trinajstić information content (AvgIpc) is 2.15. The number of halogens is 3. The van der Waals surface area contributed by atoms with E-state index in [9.17, 15) is 18.0 Å². The molecule has 0 aromatic heterocycles. The number of hydrogen-bond acceptors (Lipinski definition) is 3. The van der Waals surface area contributed by atoms with Crippen LogP contribution in [0, 0.1) is 37.7 Å². The molecule has 4 nitrogen and oxygen atoms in total. The summed E-state index contributed by atoms with van der Waals surface area (Å²) in [5, 5.41) is 8.63. The van der Waals surface area contributed by atoms with E-state index in [0.29, 0.717) is 4.90 Å². The topological polar surface area (TPSA) is 49.8 Å². The van der Waals surface area contributed by atoms with Crippen molar-refractivity contribution in [1.29, 1.82) is 0 Å². The minimum absolute atomic E-state index is 0. The summed E-state index contributed by atoms with van der Waals surface area (Å²) in [4.78, 5) is 11.3. The number of morpholine rings is 1. The third-order valence-corrected chi connectivity index (χ3v) is 1.74. The summed E-state index contributed by atoms with van der Waals surface area (Å²) in [5.41, 5.74) is 0. The van der Waals surface area contributed by atoms with Crippen molar-refractivity contribution in [3.8, 4) is 0 Å². The molecule has 1 rings (SSSR count). The van der Waals surface area contributed by atoms with Crippen LogP contribution in [0.25, 0.3) is 0 Å². The molecule has 15 heavy (non-hydrogen) atoms. The van der Waals surface area contributed by atoms with E-state index >= 15 is 0 Å². The minimum Gasteiger partial charge on any atom is -0.545 e. The monoisotopic (exact) mass is 450 g/mol. The molecule has 1 unspecified atom stereocenters. The number of carbonyl (C=O) groups is 1. The van der Waals surface area contributed by atoms with Gasteiger partial charge in [-0.2, -0.15) is 19.8 Å². The summed E-state index contributed by atoms with van der Waals surface area (Å²) in [5.74, 6) is -1.91. The average molecular weight is 450 g/mol. The molecule has 1 atom stereocenters. The Morgan fingerprint density at radius 3 is 2.67 bits per heavy atom. The number of nitrogens with zero attached hydrogens (tertiary/aromatic N) is 1. The first kappa shape index (κ1) is 15.2. The Kier molecular flexibility index (Phi) is 6.18. The second kappa shape index (κ2) is 6.09. The molecule has 0 bridgehead atoms. The third-order valence-electron chi connectivity index (χ3n) is 1.74. The Morgan fingerprint density at radius 2 is 2.20 bits per heavy atom. The van der Waals surface area contributed by atoms with Crippen LogP contribution in [0.3, 0.4) is 0 Å². The summed E-state index contributed by atoms with van der Waals surface area (Å²) in [6.45, 7) is 0.201. The molecule has 1 fully saturated rings. The van der Waals surface area contributed by atoms with Gasteiger partial charge in [-0.25, -0.2) is 0 Å². The van der Waals surface area contributed by atoms with Crippen LogP contribution in [0.5, 0.6) is 0 Å². The number of carbonyl (C=O) groups excluding carboxylic acids is 1. The Balaban J connectivity index is 0.00000196. The molecule has 1 N–H and O–H groups in total. The zero-order valence-corrected chi connectivity index (χ0v) is 11.8. The smallest absolute Gasteiger partial charge is 0.545 e. The van der Waals surface area contributed by atoms with Gasteiger partial charge >= 0.3 is 43.2 Å². The van der Waals surface area contributed by atoms with Crippen LogP contribution in [0.1, 0.15) is 0 Å². The maximum Gasteiger partial charge on any atom is 2.00 e. The van der Waals surface area contributed by atoms with Crippen LogP contribution in [-0.2, 0) is 9.53 Å². The Morgan fingerprint density at radius 1 is 1.60 bits per heavy atom. The first-order valence-corrected chi connectivity index (χ1v) is 3.89. The van der Waals surface area contributed by atoms with Crippen LogP contribution in [0.4, 0.5) is 13.2 Å². The van der Waals surface area contributed by atoms with Crippen molar-refractivity contribution in [2.75, 3.05) is 19.7 Å². The number of aliphatic hydroxyl groups excluding tert-OH is 1. The molecule has 1 amide bonds. The number of aliphatic hydroxyl groups is 1. The van der Waals surface area contributed by atoms with Gasteiger partial charge in [-0.05, 0) is 0 Å². The molecule has 1 saturated heterocycles. The molecule has 0 radical (unpaired) electrons. The van der Waals surface area contributed by atoms with E-state index in [2.05, 4.69) is 0 Å².